The molecular formula is C17H19N5OS. The van der Waals surface area contributed by atoms with Gasteiger partial charge < -0.3 is 10.5 Å². The Morgan fingerprint density at radius 3 is 2.83 bits per heavy atom. The summed E-state index contributed by atoms with van der Waals surface area (Å²) in [6, 6.07) is 2.16. The summed E-state index contributed by atoms with van der Waals surface area (Å²) < 4.78 is 5.55. The number of thioether (sulfide) groups is 1. The lowest BCUT2D eigenvalue weighted by Gasteiger charge is -2.21. The molecule has 0 spiro atoms. The minimum Gasteiger partial charge on any atom is -0.383 e. The SMILES string of the molecule is CCC(C)Sc1ncc(-c2c(C#N)c(N)nc3c2COCC3)cn1. The number of pyridine rings is 1. The highest BCUT2D eigenvalue weighted by Crippen LogP contribution is 2.34. The zero-order chi connectivity index (χ0) is 17.1. The van der Waals surface area contributed by atoms with Gasteiger partial charge in [-0.3, -0.25) is 0 Å². The zero-order valence-corrected chi connectivity index (χ0v) is 14.6. The quantitative estimate of drug-likeness (QED) is 0.674. The van der Waals surface area contributed by atoms with Gasteiger partial charge in [-0.05, 0) is 6.42 Å². The maximum atomic E-state index is 9.51. The Hall–Kier alpha value is -2.17. The number of hydrogen-bond acceptors (Lipinski definition) is 7. The molecule has 1 aliphatic rings. The molecule has 1 unspecified atom stereocenters. The molecule has 2 aromatic rings. The van der Waals surface area contributed by atoms with Crippen LogP contribution < -0.4 is 5.73 Å². The molecule has 0 bridgehead atoms. The fourth-order valence-electron chi connectivity index (χ4n) is 2.60. The number of nitrogens with two attached hydrogens (primary N) is 1. The monoisotopic (exact) mass is 341 g/mol. The largest absolute Gasteiger partial charge is 0.383 e. The first kappa shape index (κ1) is 16.7. The molecule has 2 N–H and O–H groups in total. The molecule has 0 fully saturated rings. The smallest absolute Gasteiger partial charge is 0.187 e. The summed E-state index contributed by atoms with van der Waals surface area (Å²) in [5.41, 5.74) is 9.69. The van der Waals surface area contributed by atoms with E-state index in [-0.39, 0.29) is 5.82 Å². The third-order valence-corrected chi connectivity index (χ3v) is 5.21. The second-order valence-electron chi connectivity index (χ2n) is 5.68. The topological polar surface area (TPSA) is 97.7 Å². The van der Waals surface area contributed by atoms with E-state index >= 15 is 0 Å². The van der Waals surface area contributed by atoms with E-state index < -0.39 is 0 Å². The van der Waals surface area contributed by atoms with Gasteiger partial charge in [0.05, 0.1) is 18.9 Å². The van der Waals surface area contributed by atoms with Crippen LogP contribution in [-0.2, 0) is 17.8 Å². The van der Waals surface area contributed by atoms with Gasteiger partial charge in [-0.1, -0.05) is 25.6 Å². The Morgan fingerprint density at radius 1 is 1.42 bits per heavy atom. The van der Waals surface area contributed by atoms with E-state index in [1.165, 1.54) is 0 Å². The summed E-state index contributed by atoms with van der Waals surface area (Å²) in [5, 5.41) is 10.7. The predicted molar refractivity (Wildman–Crippen MR) is 93.4 cm³/mol. The molecule has 6 nitrogen and oxygen atoms in total. The molecule has 24 heavy (non-hydrogen) atoms. The Labute approximate surface area is 145 Å². The highest BCUT2D eigenvalue weighted by atomic mass is 32.2. The van der Waals surface area contributed by atoms with Crippen molar-refractivity contribution < 1.29 is 4.74 Å². The Morgan fingerprint density at radius 2 is 2.17 bits per heavy atom. The summed E-state index contributed by atoms with van der Waals surface area (Å²) >= 11 is 1.64. The highest BCUT2D eigenvalue weighted by Gasteiger charge is 2.22. The van der Waals surface area contributed by atoms with Gasteiger partial charge in [0.25, 0.3) is 0 Å². The fourth-order valence-corrected chi connectivity index (χ4v) is 3.35. The lowest BCUT2D eigenvalue weighted by Crippen LogP contribution is -2.16. The fraction of sp³-hybridized carbons (Fsp3) is 0.412. The van der Waals surface area contributed by atoms with Gasteiger partial charge >= 0.3 is 0 Å². The maximum absolute atomic E-state index is 9.51. The third kappa shape index (κ3) is 3.21. The number of hydrogen-bond donors (Lipinski definition) is 1. The van der Waals surface area contributed by atoms with Gasteiger partial charge in [0.1, 0.15) is 17.5 Å². The second-order valence-corrected chi connectivity index (χ2v) is 7.08. The van der Waals surface area contributed by atoms with Crippen LogP contribution in [0.15, 0.2) is 17.6 Å². The summed E-state index contributed by atoms with van der Waals surface area (Å²) in [6.45, 7) is 5.33. The van der Waals surface area contributed by atoms with Crippen LogP contribution in [0.3, 0.4) is 0 Å². The van der Waals surface area contributed by atoms with Crippen LogP contribution in [-0.4, -0.2) is 26.8 Å². The molecule has 3 rings (SSSR count). The molecule has 3 heterocycles. The number of fused-ring (bicyclic) bond motifs is 1. The average molecular weight is 341 g/mol. The normalized spacial score (nSPS) is 14.7. The van der Waals surface area contributed by atoms with Gasteiger partial charge in [-0.15, -0.1) is 0 Å². The molecule has 0 aliphatic carbocycles. The molecule has 124 valence electrons. The maximum Gasteiger partial charge on any atom is 0.187 e. The van der Waals surface area contributed by atoms with Crippen LogP contribution in [0.2, 0.25) is 0 Å². The Balaban J connectivity index is 2.05. The number of aromatic nitrogens is 3. The third-order valence-electron chi connectivity index (χ3n) is 4.05. The number of rotatable bonds is 4. The first-order chi connectivity index (χ1) is 11.6. The van der Waals surface area contributed by atoms with Crippen LogP contribution in [0.25, 0.3) is 11.1 Å². The molecule has 2 aromatic heterocycles. The van der Waals surface area contributed by atoms with Gasteiger partial charge in [0.2, 0.25) is 0 Å². The van der Waals surface area contributed by atoms with Gasteiger partial charge in [-0.25, -0.2) is 15.0 Å². The van der Waals surface area contributed by atoms with E-state index in [9.17, 15) is 5.26 Å². The summed E-state index contributed by atoms with van der Waals surface area (Å²) in [6.07, 6.45) is 5.26. The molecule has 0 aromatic carbocycles. The second kappa shape index (κ2) is 7.16. The molecule has 1 aliphatic heterocycles. The number of ether oxygens (including phenoxy) is 1. The van der Waals surface area contributed by atoms with Crippen molar-refractivity contribution in [3.63, 3.8) is 0 Å². The van der Waals surface area contributed by atoms with Crippen molar-refractivity contribution in [2.24, 2.45) is 0 Å². The van der Waals surface area contributed by atoms with Gasteiger partial charge in [-0.2, -0.15) is 5.26 Å². The number of nitriles is 1. The van der Waals surface area contributed by atoms with Crippen LogP contribution in [0.5, 0.6) is 0 Å². The first-order valence-corrected chi connectivity index (χ1v) is 8.80. The Bertz CT molecular complexity index is 785. The van der Waals surface area contributed by atoms with Crippen molar-refractivity contribution in [1.82, 2.24) is 15.0 Å². The average Bonchev–Trinajstić information content (AvgIpc) is 2.61. The van der Waals surface area contributed by atoms with Crippen molar-refractivity contribution >= 4 is 17.6 Å². The molecule has 1 atom stereocenters. The zero-order valence-electron chi connectivity index (χ0n) is 13.7. The first-order valence-electron chi connectivity index (χ1n) is 7.92. The van der Waals surface area contributed by atoms with E-state index in [0.717, 1.165) is 34.0 Å². The molecular weight excluding hydrogens is 322 g/mol. The molecule has 0 saturated heterocycles. The molecule has 0 radical (unpaired) electrons. The van der Waals surface area contributed by atoms with E-state index in [4.69, 9.17) is 10.5 Å². The minimum atomic E-state index is 0.256. The van der Waals surface area contributed by atoms with Crippen LogP contribution in [0, 0.1) is 11.3 Å². The van der Waals surface area contributed by atoms with E-state index in [1.54, 1.807) is 24.2 Å². The van der Waals surface area contributed by atoms with Crippen molar-refractivity contribution in [3.8, 4) is 17.2 Å². The lowest BCUT2D eigenvalue weighted by atomic mass is 9.94. The standard InChI is InChI=1S/C17H19N5OS/c1-3-10(2)24-17-20-7-11(8-21-17)15-12(6-18)16(19)22-14-4-5-23-9-13(14)15/h7-8,10H,3-5,9H2,1-2H3,(H2,19,22). The van der Waals surface area contributed by atoms with Crippen LogP contribution in [0.1, 0.15) is 37.1 Å². The minimum absolute atomic E-state index is 0.256. The van der Waals surface area contributed by atoms with Crippen molar-refractivity contribution in [1.29, 1.82) is 5.26 Å². The number of nitrogens with zero attached hydrogens (tertiary/aromatic N) is 4. The van der Waals surface area contributed by atoms with Gasteiger partial charge in [0, 0.05) is 40.8 Å². The predicted octanol–water partition coefficient (Wildman–Crippen LogP) is 2.96. The van der Waals surface area contributed by atoms with Crippen molar-refractivity contribution in [2.45, 2.75) is 43.7 Å². The molecule has 7 heteroatoms. The summed E-state index contributed by atoms with van der Waals surface area (Å²) in [5.74, 6) is 0.256. The van der Waals surface area contributed by atoms with Crippen LogP contribution in [0.4, 0.5) is 5.82 Å². The van der Waals surface area contributed by atoms with E-state index in [2.05, 4.69) is 34.9 Å². The summed E-state index contributed by atoms with van der Waals surface area (Å²) in [7, 11) is 0. The van der Waals surface area contributed by atoms with Crippen molar-refractivity contribution in [2.75, 3.05) is 12.3 Å². The molecule has 0 amide bonds. The lowest BCUT2D eigenvalue weighted by molar-refractivity contribution is 0.109. The van der Waals surface area contributed by atoms with E-state index in [1.807, 2.05) is 0 Å². The summed E-state index contributed by atoms with van der Waals surface area (Å²) in [4.78, 5) is 13.2. The van der Waals surface area contributed by atoms with Gasteiger partial charge in [0.15, 0.2) is 5.16 Å². The van der Waals surface area contributed by atoms with Crippen LogP contribution >= 0.6 is 11.8 Å². The molecule has 0 saturated carbocycles. The Kier molecular flexibility index (Phi) is 4.97. The van der Waals surface area contributed by atoms with Crippen molar-refractivity contribution in [3.05, 3.63) is 29.2 Å². The highest BCUT2D eigenvalue weighted by molar-refractivity contribution is 7.99. The number of nitrogen functional groups attached to an aromatic ring is 1. The number of anilines is 1. The van der Waals surface area contributed by atoms with E-state index in [0.29, 0.717) is 30.4 Å².